The number of carbonyl (C=O) groups excluding carboxylic acids is 1. The van der Waals surface area contributed by atoms with Crippen LogP contribution in [0.15, 0.2) is 0 Å². The van der Waals surface area contributed by atoms with Crippen LogP contribution in [0, 0.1) is 0 Å². The van der Waals surface area contributed by atoms with Crippen LogP contribution in [0.2, 0.25) is 18.1 Å². The molecule has 1 aliphatic rings. The van der Waals surface area contributed by atoms with Crippen LogP contribution in [-0.2, 0) is 9.16 Å². The van der Waals surface area contributed by atoms with E-state index in [1.807, 2.05) is 20.8 Å². The number of aliphatic hydroxyl groups excluding tert-OH is 1. The standard InChI is InChI=1S/C17H35NO4Si/c1-16(2,3)21-15(20)18-11-9-10-13(19)14(12-18)22-23(7,8)17(4,5)6/h13-14,19H,9-12H2,1-8H3/t13-,14+/m1/s1. The summed E-state index contributed by atoms with van der Waals surface area (Å²) in [6.07, 6.45) is 0.217. The van der Waals surface area contributed by atoms with Crippen molar-refractivity contribution >= 4 is 14.4 Å². The molecule has 23 heavy (non-hydrogen) atoms. The zero-order valence-corrected chi connectivity index (χ0v) is 17.1. The average Bonchev–Trinajstić information content (AvgIpc) is 2.48. The van der Waals surface area contributed by atoms with Crippen molar-refractivity contribution in [3.8, 4) is 0 Å². The molecule has 0 aromatic rings. The second-order valence-electron chi connectivity index (χ2n) is 9.05. The van der Waals surface area contributed by atoms with Crippen molar-refractivity contribution in [2.75, 3.05) is 13.1 Å². The molecule has 0 aromatic carbocycles. The van der Waals surface area contributed by atoms with Gasteiger partial charge in [0.25, 0.3) is 0 Å². The summed E-state index contributed by atoms with van der Waals surface area (Å²) in [5, 5.41) is 10.5. The summed E-state index contributed by atoms with van der Waals surface area (Å²) in [6.45, 7) is 17.4. The maximum atomic E-state index is 12.4. The molecule has 0 aromatic heterocycles. The van der Waals surface area contributed by atoms with Gasteiger partial charge >= 0.3 is 6.09 Å². The van der Waals surface area contributed by atoms with Crippen LogP contribution in [0.4, 0.5) is 4.79 Å². The fourth-order valence-corrected chi connectivity index (χ4v) is 3.61. The van der Waals surface area contributed by atoms with Crippen LogP contribution < -0.4 is 0 Å². The lowest BCUT2D eigenvalue weighted by Gasteiger charge is -2.41. The summed E-state index contributed by atoms with van der Waals surface area (Å²) in [7, 11) is -2.01. The number of aliphatic hydroxyl groups is 1. The van der Waals surface area contributed by atoms with Crippen LogP contribution in [0.25, 0.3) is 0 Å². The molecule has 5 nitrogen and oxygen atoms in total. The summed E-state index contributed by atoms with van der Waals surface area (Å²) < 4.78 is 11.9. The highest BCUT2D eigenvalue weighted by molar-refractivity contribution is 6.74. The SMILES string of the molecule is CC(C)(C)OC(=O)N1CCC[C@@H](O)[C@@H](O[Si](C)(C)C(C)(C)C)C1. The van der Waals surface area contributed by atoms with Crippen molar-refractivity contribution in [2.24, 2.45) is 0 Å². The van der Waals surface area contributed by atoms with E-state index in [4.69, 9.17) is 9.16 Å². The second-order valence-corrected chi connectivity index (χ2v) is 13.8. The number of rotatable bonds is 2. The van der Waals surface area contributed by atoms with Gasteiger partial charge in [-0.05, 0) is 51.7 Å². The lowest BCUT2D eigenvalue weighted by Crippen LogP contribution is -2.51. The van der Waals surface area contributed by atoms with E-state index in [-0.39, 0.29) is 17.2 Å². The minimum Gasteiger partial charge on any atom is -0.444 e. The Balaban J connectivity index is 2.84. The number of hydrogen-bond donors (Lipinski definition) is 1. The van der Waals surface area contributed by atoms with E-state index in [0.717, 1.165) is 6.42 Å². The lowest BCUT2D eigenvalue weighted by molar-refractivity contribution is -0.00105. The first kappa shape index (κ1) is 20.5. The number of amides is 1. The lowest BCUT2D eigenvalue weighted by atomic mass is 10.1. The topological polar surface area (TPSA) is 59.0 Å². The Kier molecular flexibility index (Phi) is 6.32. The van der Waals surface area contributed by atoms with Crippen molar-refractivity contribution < 1.29 is 19.1 Å². The van der Waals surface area contributed by atoms with Gasteiger partial charge in [-0.15, -0.1) is 0 Å². The number of nitrogens with zero attached hydrogens (tertiary/aromatic N) is 1. The van der Waals surface area contributed by atoms with Crippen molar-refractivity contribution in [1.29, 1.82) is 0 Å². The average molecular weight is 346 g/mol. The van der Waals surface area contributed by atoms with E-state index in [0.29, 0.717) is 19.5 Å². The van der Waals surface area contributed by atoms with Crippen LogP contribution in [0.1, 0.15) is 54.4 Å². The van der Waals surface area contributed by atoms with E-state index in [9.17, 15) is 9.90 Å². The highest BCUT2D eigenvalue weighted by atomic mass is 28.4. The minimum atomic E-state index is -2.01. The molecule has 1 amide bonds. The van der Waals surface area contributed by atoms with Crippen molar-refractivity contribution in [2.45, 2.75) is 90.3 Å². The molecule has 136 valence electrons. The van der Waals surface area contributed by atoms with Gasteiger partial charge in [0.2, 0.25) is 0 Å². The molecule has 1 aliphatic heterocycles. The number of carbonyl (C=O) groups is 1. The maximum absolute atomic E-state index is 12.4. The third-order valence-electron chi connectivity index (χ3n) is 4.66. The van der Waals surface area contributed by atoms with Gasteiger partial charge in [-0.3, -0.25) is 0 Å². The minimum absolute atomic E-state index is 0.0653. The summed E-state index contributed by atoms with van der Waals surface area (Å²) in [6, 6.07) is 0. The first-order valence-electron chi connectivity index (χ1n) is 8.57. The zero-order valence-electron chi connectivity index (χ0n) is 16.1. The molecule has 0 spiro atoms. The molecular formula is C17H35NO4Si. The van der Waals surface area contributed by atoms with Crippen LogP contribution >= 0.6 is 0 Å². The third kappa shape index (κ3) is 6.08. The highest BCUT2D eigenvalue weighted by Gasteiger charge is 2.42. The van der Waals surface area contributed by atoms with Gasteiger partial charge in [-0.25, -0.2) is 4.79 Å². The monoisotopic (exact) mass is 345 g/mol. The smallest absolute Gasteiger partial charge is 0.410 e. The molecule has 1 heterocycles. The van der Waals surface area contributed by atoms with Crippen molar-refractivity contribution in [3.05, 3.63) is 0 Å². The van der Waals surface area contributed by atoms with Crippen LogP contribution in [-0.4, -0.2) is 55.3 Å². The van der Waals surface area contributed by atoms with Gasteiger partial charge < -0.3 is 19.2 Å². The van der Waals surface area contributed by atoms with Gasteiger partial charge in [-0.2, -0.15) is 0 Å². The second kappa shape index (κ2) is 7.11. The fourth-order valence-electron chi connectivity index (χ4n) is 2.27. The normalized spacial score (nSPS) is 24.3. The molecule has 2 atom stereocenters. The summed E-state index contributed by atoms with van der Waals surface area (Å²) in [5.41, 5.74) is -0.516. The van der Waals surface area contributed by atoms with Gasteiger partial charge in [0, 0.05) is 6.54 Å². The first-order chi connectivity index (χ1) is 10.2. The number of likely N-dealkylation sites (tertiary alicyclic amines) is 1. The molecule has 1 rings (SSSR count). The van der Waals surface area contributed by atoms with Crippen LogP contribution in [0.3, 0.4) is 0 Å². The Morgan fingerprint density at radius 1 is 1.17 bits per heavy atom. The molecule has 0 bridgehead atoms. The Hall–Kier alpha value is -0.593. The van der Waals surface area contributed by atoms with Gasteiger partial charge in [0.1, 0.15) is 5.60 Å². The maximum Gasteiger partial charge on any atom is 0.410 e. The molecule has 1 saturated heterocycles. The van der Waals surface area contributed by atoms with E-state index < -0.39 is 20.0 Å². The quantitative estimate of drug-likeness (QED) is 0.774. The third-order valence-corrected chi connectivity index (χ3v) is 9.17. The highest BCUT2D eigenvalue weighted by Crippen LogP contribution is 2.38. The molecule has 0 radical (unpaired) electrons. The summed E-state index contributed by atoms with van der Waals surface area (Å²) in [5.74, 6) is 0. The molecule has 1 N–H and O–H groups in total. The van der Waals surface area contributed by atoms with E-state index >= 15 is 0 Å². The molecular weight excluding hydrogens is 310 g/mol. The Labute approximate surface area is 142 Å². The van der Waals surface area contributed by atoms with Gasteiger partial charge in [-0.1, -0.05) is 20.8 Å². The Morgan fingerprint density at radius 3 is 2.22 bits per heavy atom. The first-order valence-corrected chi connectivity index (χ1v) is 11.5. The molecule has 0 unspecified atom stereocenters. The molecule has 0 aliphatic carbocycles. The largest absolute Gasteiger partial charge is 0.444 e. The van der Waals surface area contributed by atoms with Gasteiger partial charge in [0.15, 0.2) is 8.32 Å². The zero-order chi connectivity index (χ0) is 18.1. The van der Waals surface area contributed by atoms with E-state index in [1.54, 1.807) is 4.90 Å². The Bertz CT molecular complexity index is 412. The van der Waals surface area contributed by atoms with Gasteiger partial charge in [0.05, 0.1) is 18.8 Å². The predicted octanol–water partition coefficient (Wildman–Crippen LogP) is 3.77. The van der Waals surface area contributed by atoms with Crippen molar-refractivity contribution in [3.63, 3.8) is 0 Å². The molecule has 6 heteroatoms. The number of hydrogen-bond acceptors (Lipinski definition) is 4. The molecule has 0 saturated carbocycles. The van der Waals surface area contributed by atoms with Crippen LogP contribution in [0.5, 0.6) is 0 Å². The predicted molar refractivity (Wildman–Crippen MR) is 95.1 cm³/mol. The number of ether oxygens (including phenoxy) is 1. The Morgan fingerprint density at radius 2 is 1.74 bits per heavy atom. The summed E-state index contributed by atoms with van der Waals surface area (Å²) in [4.78, 5) is 14.0. The van der Waals surface area contributed by atoms with E-state index in [1.165, 1.54) is 0 Å². The molecule has 1 fully saturated rings. The van der Waals surface area contributed by atoms with Crippen molar-refractivity contribution in [1.82, 2.24) is 4.90 Å². The van der Waals surface area contributed by atoms with E-state index in [2.05, 4.69) is 33.9 Å². The fraction of sp³-hybridized carbons (Fsp3) is 0.941. The summed E-state index contributed by atoms with van der Waals surface area (Å²) >= 11 is 0.